The molecule has 0 aromatic carbocycles. The Morgan fingerprint density at radius 1 is 1.39 bits per heavy atom. The third-order valence-corrected chi connectivity index (χ3v) is 3.36. The SMILES string of the molecule is CNc1cc(C)nc(CN(C)C2CCOCC2)n1. The molecule has 0 aliphatic carbocycles. The van der Waals surface area contributed by atoms with E-state index >= 15 is 0 Å². The molecule has 1 aliphatic heterocycles. The fraction of sp³-hybridized carbons (Fsp3) is 0.692. The van der Waals surface area contributed by atoms with Gasteiger partial charge in [-0.3, -0.25) is 4.90 Å². The van der Waals surface area contributed by atoms with Gasteiger partial charge in [-0.1, -0.05) is 0 Å². The Balaban J connectivity index is 2.01. The maximum absolute atomic E-state index is 5.39. The number of ether oxygens (including phenoxy) is 1. The van der Waals surface area contributed by atoms with Crippen LogP contribution in [0.15, 0.2) is 6.07 Å². The fourth-order valence-corrected chi connectivity index (χ4v) is 2.31. The summed E-state index contributed by atoms with van der Waals surface area (Å²) >= 11 is 0. The summed E-state index contributed by atoms with van der Waals surface area (Å²) in [6.07, 6.45) is 2.20. The van der Waals surface area contributed by atoms with Crippen LogP contribution in [-0.2, 0) is 11.3 Å². The molecule has 0 saturated carbocycles. The molecule has 5 nitrogen and oxygen atoms in total. The van der Waals surface area contributed by atoms with Gasteiger partial charge in [-0.25, -0.2) is 9.97 Å². The van der Waals surface area contributed by atoms with Crippen LogP contribution in [0.3, 0.4) is 0 Å². The van der Waals surface area contributed by atoms with Crippen LogP contribution in [0.25, 0.3) is 0 Å². The van der Waals surface area contributed by atoms with Crippen molar-refractivity contribution in [3.63, 3.8) is 0 Å². The van der Waals surface area contributed by atoms with Crippen LogP contribution in [0.4, 0.5) is 5.82 Å². The highest BCUT2D eigenvalue weighted by atomic mass is 16.5. The second kappa shape index (κ2) is 6.11. The lowest BCUT2D eigenvalue weighted by Crippen LogP contribution is -2.36. The summed E-state index contributed by atoms with van der Waals surface area (Å²) in [6.45, 7) is 4.53. The molecule has 2 heterocycles. The normalized spacial score (nSPS) is 17.1. The first-order chi connectivity index (χ1) is 8.69. The highest BCUT2D eigenvalue weighted by Crippen LogP contribution is 2.15. The molecule has 0 bridgehead atoms. The average Bonchev–Trinajstić information content (AvgIpc) is 2.39. The molecule has 0 amide bonds. The van der Waals surface area contributed by atoms with Crippen molar-refractivity contribution < 1.29 is 4.74 Å². The summed E-state index contributed by atoms with van der Waals surface area (Å²) in [5.74, 6) is 1.77. The van der Waals surface area contributed by atoms with E-state index in [4.69, 9.17) is 4.74 Å². The summed E-state index contributed by atoms with van der Waals surface area (Å²) in [5, 5.41) is 3.07. The first-order valence-electron chi connectivity index (χ1n) is 6.49. The summed E-state index contributed by atoms with van der Waals surface area (Å²) in [4.78, 5) is 11.3. The van der Waals surface area contributed by atoms with E-state index in [9.17, 15) is 0 Å². The van der Waals surface area contributed by atoms with Crippen LogP contribution in [0, 0.1) is 6.92 Å². The van der Waals surface area contributed by atoms with E-state index in [2.05, 4.69) is 27.2 Å². The summed E-state index contributed by atoms with van der Waals surface area (Å²) < 4.78 is 5.39. The van der Waals surface area contributed by atoms with Gasteiger partial charge in [-0.05, 0) is 26.8 Å². The van der Waals surface area contributed by atoms with Gasteiger partial charge in [-0.2, -0.15) is 0 Å². The van der Waals surface area contributed by atoms with Gasteiger partial charge in [0.25, 0.3) is 0 Å². The number of hydrogen-bond acceptors (Lipinski definition) is 5. The van der Waals surface area contributed by atoms with E-state index in [1.54, 1.807) is 0 Å². The number of anilines is 1. The molecule has 5 heteroatoms. The van der Waals surface area contributed by atoms with Crippen LogP contribution in [-0.4, -0.2) is 48.2 Å². The van der Waals surface area contributed by atoms with Crippen molar-refractivity contribution in [3.05, 3.63) is 17.6 Å². The van der Waals surface area contributed by atoms with Gasteiger partial charge in [0.15, 0.2) is 0 Å². The lowest BCUT2D eigenvalue weighted by atomic mass is 10.1. The Morgan fingerprint density at radius 3 is 2.78 bits per heavy atom. The number of rotatable bonds is 4. The number of nitrogens with zero attached hydrogens (tertiary/aromatic N) is 3. The molecule has 100 valence electrons. The van der Waals surface area contributed by atoms with Crippen molar-refractivity contribution in [1.82, 2.24) is 14.9 Å². The molecular formula is C13H22N4O. The second-order valence-electron chi connectivity index (χ2n) is 4.82. The Morgan fingerprint density at radius 2 is 2.11 bits per heavy atom. The zero-order valence-corrected chi connectivity index (χ0v) is 11.4. The molecule has 1 aromatic rings. The zero-order chi connectivity index (χ0) is 13.0. The van der Waals surface area contributed by atoms with E-state index in [1.165, 1.54) is 0 Å². The molecule has 1 fully saturated rings. The largest absolute Gasteiger partial charge is 0.381 e. The van der Waals surface area contributed by atoms with Crippen LogP contribution in [0.5, 0.6) is 0 Å². The minimum atomic E-state index is 0.584. The molecule has 1 aliphatic rings. The van der Waals surface area contributed by atoms with Crippen molar-refractivity contribution in [2.45, 2.75) is 32.4 Å². The van der Waals surface area contributed by atoms with Gasteiger partial charge >= 0.3 is 0 Å². The summed E-state index contributed by atoms with van der Waals surface area (Å²) in [7, 11) is 4.02. The Kier molecular flexibility index (Phi) is 4.49. The Bertz CT molecular complexity index is 391. The van der Waals surface area contributed by atoms with Crippen LogP contribution in [0.1, 0.15) is 24.4 Å². The van der Waals surface area contributed by atoms with Gasteiger partial charge < -0.3 is 10.1 Å². The zero-order valence-electron chi connectivity index (χ0n) is 11.4. The quantitative estimate of drug-likeness (QED) is 0.876. The van der Waals surface area contributed by atoms with Gasteiger partial charge in [0.1, 0.15) is 11.6 Å². The third-order valence-electron chi connectivity index (χ3n) is 3.36. The third kappa shape index (κ3) is 3.40. The standard InChI is InChI=1S/C13H22N4O/c1-10-8-12(14-2)16-13(15-10)9-17(3)11-4-6-18-7-5-11/h8,11H,4-7,9H2,1-3H3,(H,14,15,16). The Hall–Kier alpha value is -1.20. The Labute approximate surface area is 109 Å². The molecule has 1 N–H and O–H groups in total. The smallest absolute Gasteiger partial charge is 0.144 e. The van der Waals surface area contributed by atoms with E-state index in [0.717, 1.165) is 49.9 Å². The average molecular weight is 250 g/mol. The van der Waals surface area contributed by atoms with E-state index in [1.807, 2.05) is 20.0 Å². The minimum absolute atomic E-state index is 0.584. The van der Waals surface area contributed by atoms with Gasteiger partial charge in [0.2, 0.25) is 0 Å². The van der Waals surface area contributed by atoms with Gasteiger partial charge in [0.05, 0.1) is 6.54 Å². The summed E-state index contributed by atoms with van der Waals surface area (Å²) in [5.41, 5.74) is 1.00. The lowest BCUT2D eigenvalue weighted by molar-refractivity contribution is 0.0399. The minimum Gasteiger partial charge on any atom is -0.381 e. The molecule has 1 saturated heterocycles. The molecule has 1 aromatic heterocycles. The van der Waals surface area contributed by atoms with E-state index < -0.39 is 0 Å². The maximum atomic E-state index is 5.39. The maximum Gasteiger partial charge on any atom is 0.144 e. The van der Waals surface area contributed by atoms with Crippen molar-refractivity contribution in [1.29, 1.82) is 0 Å². The number of aromatic nitrogens is 2. The molecule has 2 rings (SSSR count). The van der Waals surface area contributed by atoms with Crippen molar-refractivity contribution in [3.8, 4) is 0 Å². The van der Waals surface area contributed by atoms with Gasteiger partial charge in [-0.15, -0.1) is 0 Å². The molecule has 0 atom stereocenters. The van der Waals surface area contributed by atoms with E-state index in [0.29, 0.717) is 6.04 Å². The monoisotopic (exact) mass is 250 g/mol. The summed E-state index contributed by atoms with van der Waals surface area (Å²) in [6, 6.07) is 2.54. The predicted octanol–water partition coefficient (Wildman–Crippen LogP) is 1.44. The van der Waals surface area contributed by atoms with E-state index in [-0.39, 0.29) is 0 Å². The molecule has 0 radical (unpaired) electrons. The first kappa shape index (κ1) is 13.2. The van der Waals surface area contributed by atoms with Crippen molar-refractivity contribution in [2.75, 3.05) is 32.6 Å². The van der Waals surface area contributed by atoms with Crippen LogP contribution >= 0.6 is 0 Å². The number of nitrogens with one attached hydrogen (secondary N) is 1. The van der Waals surface area contributed by atoms with Gasteiger partial charge in [0, 0.05) is 38.1 Å². The molecule has 0 unspecified atom stereocenters. The second-order valence-corrected chi connectivity index (χ2v) is 4.82. The molecular weight excluding hydrogens is 228 g/mol. The van der Waals surface area contributed by atoms with Crippen molar-refractivity contribution >= 4 is 5.82 Å². The predicted molar refractivity (Wildman–Crippen MR) is 71.6 cm³/mol. The topological polar surface area (TPSA) is 50.3 Å². The number of aryl methyl sites for hydroxylation is 1. The highest BCUT2D eigenvalue weighted by molar-refractivity contribution is 5.34. The first-order valence-corrected chi connectivity index (χ1v) is 6.49. The van der Waals surface area contributed by atoms with Crippen molar-refractivity contribution in [2.24, 2.45) is 0 Å². The fourth-order valence-electron chi connectivity index (χ4n) is 2.31. The molecule has 18 heavy (non-hydrogen) atoms. The number of hydrogen-bond donors (Lipinski definition) is 1. The highest BCUT2D eigenvalue weighted by Gasteiger charge is 2.19. The van der Waals surface area contributed by atoms with Crippen LogP contribution < -0.4 is 5.32 Å². The molecule has 0 spiro atoms. The lowest BCUT2D eigenvalue weighted by Gasteiger charge is -2.30. The van der Waals surface area contributed by atoms with Crippen LogP contribution in [0.2, 0.25) is 0 Å².